The van der Waals surface area contributed by atoms with Gasteiger partial charge in [-0.2, -0.15) is 0 Å². The predicted molar refractivity (Wildman–Crippen MR) is 78.7 cm³/mol. The molecule has 0 aliphatic rings. The van der Waals surface area contributed by atoms with Crippen molar-refractivity contribution in [3.8, 4) is 5.75 Å². The largest absolute Gasteiger partial charge is 0.478 e. The average molecular weight is 311 g/mol. The normalized spacial score (nSPS) is 11.9. The molecule has 0 heterocycles. The van der Waals surface area contributed by atoms with Crippen LogP contribution in [0.2, 0.25) is 10.0 Å². The molecule has 3 nitrogen and oxygen atoms in total. The molecule has 0 amide bonds. The van der Waals surface area contributed by atoms with Gasteiger partial charge in [0, 0.05) is 11.4 Å². The van der Waals surface area contributed by atoms with Crippen molar-refractivity contribution in [3.63, 3.8) is 0 Å². The second-order valence-corrected chi connectivity index (χ2v) is 5.05. The number of carboxylic acid groups (broad SMARTS) is 1. The van der Waals surface area contributed by atoms with E-state index in [0.717, 1.165) is 5.56 Å². The van der Waals surface area contributed by atoms with Gasteiger partial charge in [0.25, 0.3) is 0 Å². The molecule has 0 aliphatic heterocycles. The lowest BCUT2D eigenvalue weighted by Crippen LogP contribution is -2.29. The van der Waals surface area contributed by atoms with Gasteiger partial charge in [0.2, 0.25) is 0 Å². The molecule has 0 bridgehead atoms. The summed E-state index contributed by atoms with van der Waals surface area (Å²) in [6.45, 7) is 0. The molecule has 2 rings (SSSR count). The van der Waals surface area contributed by atoms with Gasteiger partial charge in [0.1, 0.15) is 5.75 Å². The van der Waals surface area contributed by atoms with Crippen molar-refractivity contribution in [2.75, 3.05) is 0 Å². The van der Waals surface area contributed by atoms with Crippen LogP contribution in [0.3, 0.4) is 0 Å². The molecule has 0 radical (unpaired) electrons. The van der Waals surface area contributed by atoms with E-state index in [1.807, 2.05) is 0 Å². The first kappa shape index (κ1) is 14.7. The first-order valence-corrected chi connectivity index (χ1v) is 6.70. The monoisotopic (exact) mass is 310 g/mol. The lowest BCUT2D eigenvalue weighted by atomic mass is 10.1. The van der Waals surface area contributed by atoms with E-state index in [4.69, 9.17) is 27.9 Å². The quantitative estimate of drug-likeness (QED) is 0.905. The minimum absolute atomic E-state index is 0.209. The van der Waals surface area contributed by atoms with Crippen molar-refractivity contribution in [1.82, 2.24) is 0 Å². The molecule has 1 unspecified atom stereocenters. The zero-order chi connectivity index (χ0) is 14.5. The second kappa shape index (κ2) is 6.64. The SMILES string of the molecule is O=C(O)C(Cc1cccc(Cl)c1)Oc1ccccc1Cl. The zero-order valence-electron chi connectivity index (χ0n) is 10.4. The van der Waals surface area contributed by atoms with Gasteiger partial charge in [-0.25, -0.2) is 4.79 Å². The topological polar surface area (TPSA) is 46.5 Å². The Hall–Kier alpha value is -1.71. The molecule has 104 valence electrons. The molecule has 20 heavy (non-hydrogen) atoms. The molecule has 0 saturated carbocycles. The van der Waals surface area contributed by atoms with Crippen LogP contribution in [0, 0.1) is 0 Å². The summed E-state index contributed by atoms with van der Waals surface area (Å²) >= 11 is 11.8. The highest BCUT2D eigenvalue weighted by molar-refractivity contribution is 6.32. The third-order valence-electron chi connectivity index (χ3n) is 2.69. The van der Waals surface area contributed by atoms with E-state index >= 15 is 0 Å². The smallest absolute Gasteiger partial charge is 0.345 e. The Kier molecular flexibility index (Phi) is 4.88. The first-order chi connectivity index (χ1) is 9.56. The number of rotatable bonds is 5. The summed E-state index contributed by atoms with van der Waals surface area (Å²) in [4.78, 5) is 11.3. The highest BCUT2D eigenvalue weighted by Crippen LogP contribution is 2.25. The fourth-order valence-electron chi connectivity index (χ4n) is 1.75. The Morgan fingerprint density at radius 3 is 2.55 bits per heavy atom. The Labute approximate surface area is 126 Å². The van der Waals surface area contributed by atoms with Gasteiger partial charge in [0.05, 0.1) is 5.02 Å². The lowest BCUT2D eigenvalue weighted by Gasteiger charge is -2.16. The van der Waals surface area contributed by atoms with Gasteiger partial charge in [-0.1, -0.05) is 47.5 Å². The van der Waals surface area contributed by atoms with E-state index in [1.165, 1.54) is 0 Å². The van der Waals surface area contributed by atoms with Gasteiger partial charge >= 0.3 is 5.97 Å². The maximum absolute atomic E-state index is 11.3. The number of aliphatic carboxylic acids is 1. The van der Waals surface area contributed by atoms with Crippen LogP contribution in [0.15, 0.2) is 48.5 Å². The molecular weight excluding hydrogens is 299 g/mol. The number of para-hydroxylation sites is 1. The Bertz CT molecular complexity index is 614. The van der Waals surface area contributed by atoms with Gasteiger partial charge in [0.15, 0.2) is 6.10 Å². The maximum Gasteiger partial charge on any atom is 0.345 e. The van der Waals surface area contributed by atoms with Crippen molar-refractivity contribution in [2.45, 2.75) is 12.5 Å². The lowest BCUT2D eigenvalue weighted by molar-refractivity contribution is -0.145. The van der Waals surface area contributed by atoms with E-state index in [9.17, 15) is 9.90 Å². The van der Waals surface area contributed by atoms with E-state index in [2.05, 4.69) is 0 Å². The van der Waals surface area contributed by atoms with Crippen molar-refractivity contribution in [1.29, 1.82) is 0 Å². The van der Waals surface area contributed by atoms with Crippen molar-refractivity contribution >= 4 is 29.2 Å². The summed E-state index contributed by atoms with van der Waals surface area (Å²) in [5.41, 5.74) is 0.789. The van der Waals surface area contributed by atoms with Crippen LogP contribution < -0.4 is 4.74 Å². The van der Waals surface area contributed by atoms with E-state index in [0.29, 0.717) is 15.8 Å². The number of hydrogen-bond donors (Lipinski definition) is 1. The summed E-state index contributed by atoms with van der Waals surface area (Å²) in [6.07, 6.45) is -0.811. The second-order valence-electron chi connectivity index (χ2n) is 4.21. The summed E-state index contributed by atoms with van der Waals surface area (Å²) in [7, 11) is 0. The summed E-state index contributed by atoms with van der Waals surface area (Å²) in [6, 6.07) is 13.8. The van der Waals surface area contributed by atoms with Crippen LogP contribution in [0.1, 0.15) is 5.56 Å². The highest BCUT2D eigenvalue weighted by atomic mass is 35.5. The van der Waals surface area contributed by atoms with Gasteiger partial charge in [-0.05, 0) is 29.8 Å². The molecule has 0 aliphatic carbocycles. The number of carboxylic acids is 1. The molecule has 0 fully saturated rings. The predicted octanol–water partition coefficient (Wildman–Crippen LogP) is 4.07. The molecular formula is C15H12Cl2O3. The highest BCUT2D eigenvalue weighted by Gasteiger charge is 2.21. The Morgan fingerprint density at radius 2 is 1.90 bits per heavy atom. The fraction of sp³-hybridized carbons (Fsp3) is 0.133. The van der Waals surface area contributed by atoms with Crippen molar-refractivity contribution in [3.05, 3.63) is 64.1 Å². The molecule has 1 atom stereocenters. The third-order valence-corrected chi connectivity index (χ3v) is 3.24. The number of benzene rings is 2. The number of carbonyl (C=O) groups is 1. The summed E-state index contributed by atoms with van der Waals surface area (Å²) < 4.78 is 5.48. The van der Waals surface area contributed by atoms with Crippen LogP contribution in [0.4, 0.5) is 0 Å². The summed E-state index contributed by atoms with van der Waals surface area (Å²) in [5.74, 6) is -0.700. The van der Waals surface area contributed by atoms with Crippen molar-refractivity contribution < 1.29 is 14.6 Å². The minimum atomic E-state index is -1.05. The Morgan fingerprint density at radius 1 is 1.15 bits per heavy atom. The molecule has 1 N–H and O–H groups in total. The zero-order valence-corrected chi connectivity index (χ0v) is 11.9. The third kappa shape index (κ3) is 3.89. The average Bonchev–Trinajstić information content (AvgIpc) is 2.40. The fourth-order valence-corrected chi connectivity index (χ4v) is 2.14. The molecule has 0 saturated heterocycles. The van der Waals surface area contributed by atoms with Crippen LogP contribution in [0.25, 0.3) is 0 Å². The van der Waals surface area contributed by atoms with Crippen LogP contribution in [-0.2, 0) is 11.2 Å². The standard InChI is InChI=1S/C15H12Cl2O3/c16-11-5-3-4-10(8-11)9-14(15(18)19)20-13-7-2-1-6-12(13)17/h1-8,14H,9H2,(H,18,19). The van der Waals surface area contributed by atoms with Gasteiger partial charge in [-0.15, -0.1) is 0 Å². The maximum atomic E-state index is 11.3. The Balaban J connectivity index is 2.16. The van der Waals surface area contributed by atoms with Crippen LogP contribution >= 0.6 is 23.2 Å². The first-order valence-electron chi connectivity index (χ1n) is 5.94. The minimum Gasteiger partial charge on any atom is -0.478 e. The number of hydrogen-bond acceptors (Lipinski definition) is 2. The van der Waals surface area contributed by atoms with Crippen LogP contribution in [0.5, 0.6) is 5.75 Å². The van der Waals surface area contributed by atoms with Crippen molar-refractivity contribution in [2.24, 2.45) is 0 Å². The van der Waals surface area contributed by atoms with Crippen LogP contribution in [-0.4, -0.2) is 17.2 Å². The van der Waals surface area contributed by atoms with Gasteiger partial charge in [-0.3, -0.25) is 0 Å². The van der Waals surface area contributed by atoms with E-state index < -0.39 is 12.1 Å². The molecule has 0 aromatic heterocycles. The molecule has 5 heteroatoms. The van der Waals surface area contributed by atoms with E-state index in [1.54, 1.807) is 48.5 Å². The molecule has 2 aromatic carbocycles. The molecule has 0 spiro atoms. The van der Waals surface area contributed by atoms with Gasteiger partial charge < -0.3 is 9.84 Å². The summed E-state index contributed by atoms with van der Waals surface area (Å²) in [5, 5.41) is 10.2. The van der Waals surface area contributed by atoms with E-state index in [-0.39, 0.29) is 6.42 Å². The molecule has 2 aromatic rings. The number of halogens is 2. The number of ether oxygens (including phenoxy) is 1.